The van der Waals surface area contributed by atoms with E-state index in [4.69, 9.17) is 23.2 Å². The molecule has 2 spiro atoms. The van der Waals surface area contributed by atoms with Crippen molar-refractivity contribution in [1.29, 1.82) is 0 Å². The first kappa shape index (κ1) is 15.5. The van der Waals surface area contributed by atoms with E-state index in [1.807, 2.05) is 0 Å². The summed E-state index contributed by atoms with van der Waals surface area (Å²) < 4.78 is -0.433. The van der Waals surface area contributed by atoms with Crippen molar-refractivity contribution in [2.75, 3.05) is 0 Å². The third kappa shape index (κ3) is 2.16. The highest BCUT2D eigenvalue weighted by atomic mass is 35.5. The maximum absolute atomic E-state index is 7.01. The molecule has 0 radical (unpaired) electrons. The van der Waals surface area contributed by atoms with Gasteiger partial charge in [0.15, 0.2) is 0 Å². The van der Waals surface area contributed by atoms with Crippen LogP contribution in [-0.2, 0) is 0 Å². The minimum atomic E-state index is -0.433. The van der Waals surface area contributed by atoms with Crippen LogP contribution in [0.15, 0.2) is 0 Å². The van der Waals surface area contributed by atoms with Gasteiger partial charge in [-0.25, -0.2) is 0 Å². The lowest BCUT2D eigenvalue weighted by Gasteiger charge is -2.69. The highest BCUT2D eigenvalue weighted by Crippen LogP contribution is 2.76. The fraction of sp³-hybridized carbons (Fsp3) is 1.00. The molecule has 3 aliphatic rings. The first-order chi connectivity index (χ1) is 9.45. The molecule has 3 rings (SSSR count). The van der Waals surface area contributed by atoms with Crippen LogP contribution < -0.4 is 0 Å². The Morgan fingerprint density at radius 3 is 1.85 bits per heavy atom. The van der Waals surface area contributed by atoms with Gasteiger partial charge in [0, 0.05) is 10.8 Å². The number of hydrogen-bond donors (Lipinski definition) is 0. The molecule has 0 nitrogen and oxygen atoms in total. The fourth-order valence-corrected chi connectivity index (χ4v) is 6.57. The zero-order valence-corrected chi connectivity index (χ0v) is 14.7. The summed E-state index contributed by atoms with van der Waals surface area (Å²) in [5.41, 5.74) is 0.529. The van der Waals surface area contributed by atoms with Gasteiger partial charge in [-0.05, 0) is 56.8 Å². The first-order valence-electron chi connectivity index (χ1n) is 8.82. The van der Waals surface area contributed by atoms with E-state index >= 15 is 0 Å². The SMILES string of the molecule is CCCC1CCC2(CC1)CC1(CCC(C)CC1)C2(Cl)Cl. The van der Waals surface area contributed by atoms with Gasteiger partial charge in [0.2, 0.25) is 0 Å². The van der Waals surface area contributed by atoms with Crippen molar-refractivity contribution in [3.8, 4) is 0 Å². The molecule has 0 aromatic carbocycles. The van der Waals surface area contributed by atoms with Crippen molar-refractivity contribution in [3.05, 3.63) is 0 Å². The summed E-state index contributed by atoms with van der Waals surface area (Å²) in [5.74, 6) is 1.82. The van der Waals surface area contributed by atoms with E-state index in [1.54, 1.807) is 0 Å². The largest absolute Gasteiger partial charge is 0.129 e. The number of alkyl halides is 2. The minimum Gasteiger partial charge on any atom is -0.100 e. The molecular weight excluding hydrogens is 287 g/mol. The average Bonchev–Trinajstić information content (AvgIpc) is 2.44. The van der Waals surface area contributed by atoms with Crippen LogP contribution in [0, 0.1) is 22.7 Å². The second kappa shape index (κ2) is 5.34. The zero-order chi connectivity index (χ0) is 14.4. The first-order valence-corrected chi connectivity index (χ1v) is 9.58. The summed E-state index contributed by atoms with van der Waals surface area (Å²) in [5, 5.41) is 0. The second-order valence-electron chi connectivity index (χ2n) is 8.23. The topological polar surface area (TPSA) is 0 Å². The molecule has 0 aliphatic heterocycles. The number of hydrogen-bond acceptors (Lipinski definition) is 0. The predicted molar refractivity (Wildman–Crippen MR) is 88.4 cm³/mol. The number of rotatable bonds is 2. The van der Waals surface area contributed by atoms with Crippen LogP contribution >= 0.6 is 23.2 Å². The Hall–Kier alpha value is 0.580. The van der Waals surface area contributed by atoms with Gasteiger partial charge < -0.3 is 0 Å². The Morgan fingerprint density at radius 2 is 1.40 bits per heavy atom. The van der Waals surface area contributed by atoms with Gasteiger partial charge in [0.05, 0.1) is 0 Å². The quantitative estimate of drug-likeness (QED) is 0.495. The highest BCUT2D eigenvalue weighted by Gasteiger charge is 2.71. The van der Waals surface area contributed by atoms with Crippen molar-refractivity contribution in [3.63, 3.8) is 0 Å². The predicted octanol–water partition coefficient (Wildman–Crippen LogP) is 6.74. The summed E-state index contributed by atoms with van der Waals surface area (Å²) in [6.45, 7) is 4.68. The van der Waals surface area contributed by atoms with Crippen LogP contribution in [0.25, 0.3) is 0 Å². The summed E-state index contributed by atoms with van der Waals surface area (Å²) in [6, 6.07) is 0. The van der Waals surface area contributed by atoms with Gasteiger partial charge in [-0.3, -0.25) is 0 Å². The highest BCUT2D eigenvalue weighted by molar-refractivity contribution is 6.50. The van der Waals surface area contributed by atoms with E-state index in [-0.39, 0.29) is 10.8 Å². The van der Waals surface area contributed by atoms with Crippen LogP contribution in [0.4, 0.5) is 0 Å². The van der Waals surface area contributed by atoms with Gasteiger partial charge in [0.25, 0.3) is 0 Å². The summed E-state index contributed by atoms with van der Waals surface area (Å²) in [7, 11) is 0. The normalized spacial score (nSPS) is 47.4. The van der Waals surface area contributed by atoms with Crippen LogP contribution in [0.2, 0.25) is 0 Å². The Morgan fingerprint density at radius 1 is 0.900 bits per heavy atom. The third-order valence-corrected chi connectivity index (χ3v) is 8.60. The van der Waals surface area contributed by atoms with Crippen molar-refractivity contribution < 1.29 is 0 Å². The van der Waals surface area contributed by atoms with Gasteiger partial charge >= 0.3 is 0 Å². The Balaban J connectivity index is 1.66. The smallest absolute Gasteiger partial charge is 0.100 e. The van der Waals surface area contributed by atoms with Crippen molar-refractivity contribution in [2.24, 2.45) is 22.7 Å². The lowest BCUT2D eigenvalue weighted by Crippen LogP contribution is -2.66. The van der Waals surface area contributed by atoms with Gasteiger partial charge in [-0.1, -0.05) is 39.5 Å². The van der Waals surface area contributed by atoms with Crippen LogP contribution in [-0.4, -0.2) is 4.33 Å². The molecule has 116 valence electrons. The van der Waals surface area contributed by atoms with Crippen LogP contribution in [0.3, 0.4) is 0 Å². The van der Waals surface area contributed by atoms with E-state index in [1.165, 1.54) is 70.6 Å². The summed E-state index contributed by atoms with van der Waals surface area (Å²) in [4.78, 5) is 0. The zero-order valence-electron chi connectivity index (χ0n) is 13.2. The standard InChI is InChI=1S/C18H30Cl2/c1-3-4-15-7-11-17(12-8-15)13-16(18(17,19)20)9-5-14(2)6-10-16/h14-15H,3-13H2,1-2H3. The third-order valence-electron chi connectivity index (χ3n) is 7.00. The van der Waals surface area contributed by atoms with Crippen molar-refractivity contribution in [1.82, 2.24) is 0 Å². The molecule has 20 heavy (non-hydrogen) atoms. The Kier molecular flexibility index (Phi) is 4.13. The molecule has 2 heteroatoms. The Bertz CT molecular complexity index is 344. The monoisotopic (exact) mass is 316 g/mol. The molecule has 0 aromatic heterocycles. The molecule has 0 unspecified atom stereocenters. The molecule has 0 atom stereocenters. The molecular formula is C18H30Cl2. The van der Waals surface area contributed by atoms with Gasteiger partial charge in [0.1, 0.15) is 4.33 Å². The van der Waals surface area contributed by atoms with Gasteiger partial charge in [-0.15, -0.1) is 23.2 Å². The average molecular weight is 317 g/mol. The van der Waals surface area contributed by atoms with E-state index in [0.29, 0.717) is 0 Å². The van der Waals surface area contributed by atoms with Crippen LogP contribution in [0.5, 0.6) is 0 Å². The lowest BCUT2D eigenvalue weighted by molar-refractivity contribution is -0.114. The maximum atomic E-state index is 7.01. The molecule has 0 N–H and O–H groups in total. The molecule has 0 saturated heterocycles. The van der Waals surface area contributed by atoms with Crippen molar-refractivity contribution in [2.45, 2.75) is 88.8 Å². The van der Waals surface area contributed by atoms with Crippen molar-refractivity contribution >= 4 is 23.2 Å². The molecule has 0 bridgehead atoms. The van der Waals surface area contributed by atoms with Crippen LogP contribution in [0.1, 0.15) is 84.5 Å². The van der Waals surface area contributed by atoms with E-state index in [9.17, 15) is 0 Å². The maximum Gasteiger partial charge on any atom is 0.129 e. The molecule has 0 heterocycles. The van der Waals surface area contributed by atoms with E-state index in [0.717, 1.165) is 11.8 Å². The fourth-order valence-electron chi connectivity index (χ4n) is 5.55. The van der Waals surface area contributed by atoms with E-state index in [2.05, 4.69) is 13.8 Å². The van der Waals surface area contributed by atoms with Gasteiger partial charge in [-0.2, -0.15) is 0 Å². The second-order valence-corrected chi connectivity index (χ2v) is 9.55. The minimum absolute atomic E-state index is 0.264. The molecule has 3 aliphatic carbocycles. The Labute approximate surface area is 135 Å². The van der Waals surface area contributed by atoms with E-state index < -0.39 is 4.33 Å². The molecule has 0 amide bonds. The molecule has 3 saturated carbocycles. The summed E-state index contributed by atoms with van der Waals surface area (Å²) >= 11 is 14.0. The lowest BCUT2D eigenvalue weighted by atomic mass is 9.43. The molecule has 0 aromatic rings. The molecule has 3 fully saturated rings. The number of halogens is 2. The summed E-state index contributed by atoms with van der Waals surface area (Å²) in [6.07, 6.45) is 14.5.